The fraction of sp³-hybridized carbons (Fsp3) is 0.500. The molecule has 24 heavy (non-hydrogen) atoms. The zero-order valence-corrected chi connectivity index (χ0v) is 14.1. The van der Waals surface area contributed by atoms with E-state index in [1.165, 1.54) is 6.92 Å². The number of benzene rings is 1. The van der Waals surface area contributed by atoms with Crippen molar-refractivity contribution in [3.63, 3.8) is 0 Å². The summed E-state index contributed by atoms with van der Waals surface area (Å²) >= 11 is 0. The van der Waals surface area contributed by atoms with Gasteiger partial charge in [0.25, 0.3) is 0 Å². The van der Waals surface area contributed by atoms with Crippen molar-refractivity contribution in [2.24, 2.45) is 5.41 Å². The Morgan fingerprint density at radius 1 is 1.38 bits per heavy atom. The summed E-state index contributed by atoms with van der Waals surface area (Å²) in [6.07, 6.45) is 0. The van der Waals surface area contributed by atoms with Crippen molar-refractivity contribution >= 4 is 15.8 Å². The zero-order chi connectivity index (χ0) is 17.5. The summed E-state index contributed by atoms with van der Waals surface area (Å²) in [5, 5.41) is 8.53. The largest absolute Gasteiger partial charge is 0.465 e. The first-order valence-electron chi connectivity index (χ1n) is 7.62. The standard InChI is InChI=1S/C16H17NO6S/c1-3-21-15(18)16(8-17)13(14(16)24(19,20)4-2)10-5-6-11-12(7-10)23-9-22-11/h5-7,13-14H,3-4,9H2,1-2H3/t13-,14-,16-/m0/s1. The van der Waals surface area contributed by atoms with Gasteiger partial charge in [-0.1, -0.05) is 13.0 Å². The lowest BCUT2D eigenvalue weighted by molar-refractivity contribution is -0.147. The number of esters is 1. The van der Waals surface area contributed by atoms with Crippen LogP contribution in [0.2, 0.25) is 0 Å². The Morgan fingerprint density at radius 3 is 2.71 bits per heavy atom. The van der Waals surface area contributed by atoms with Crippen LogP contribution in [-0.4, -0.2) is 38.8 Å². The molecule has 0 N–H and O–H groups in total. The molecule has 0 saturated heterocycles. The maximum absolute atomic E-state index is 12.4. The highest BCUT2D eigenvalue weighted by molar-refractivity contribution is 7.92. The molecule has 8 heteroatoms. The molecular weight excluding hydrogens is 334 g/mol. The summed E-state index contributed by atoms with van der Waals surface area (Å²) in [5.74, 6) is -0.699. The molecule has 2 aliphatic rings. The van der Waals surface area contributed by atoms with Gasteiger partial charge in [0, 0.05) is 11.7 Å². The van der Waals surface area contributed by atoms with Gasteiger partial charge in [0.15, 0.2) is 26.8 Å². The molecule has 0 bridgehead atoms. The van der Waals surface area contributed by atoms with Gasteiger partial charge in [-0.3, -0.25) is 4.79 Å². The molecule has 0 unspecified atom stereocenters. The molecule has 0 amide bonds. The maximum atomic E-state index is 12.4. The van der Waals surface area contributed by atoms with Crippen LogP contribution >= 0.6 is 0 Å². The first kappa shape index (κ1) is 16.6. The molecule has 1 heterocycles. The predicted molar refractivity (Wildman–Crippen MR) is 83.2 cm³/mol. The molecule has 3 rings (SSSR count). The Morgan fingerprint density at radius 2 is 2.08 bits per heavy atom. The van der Waals surface area contributed by atoms with E-state index in [2.05, 4.69) is 0 Å². The van der Waals surface area contributed by atoms with Crippen molar-refractivity contribution in [2.45, 2.75) is 25.0 Å². The average Bonchev–Trinajstić information content (AvgIpc) is 3.07. The van der Waals surface area contributed by atoms with E-state index in [0.29, 0.717) is 17.1 Å². The van der Waals surface area contributed by atoms with Crippen molar-refractivity contribution in [2.75, 3.05) is 19.2 Å². The number of hydrogen-bond donors (Lipinski definition) is 0. The van der Waals surface area contributed by atoms with Gasteiger partial charge in [-0.05, 0) is 24.6 Å². The van der Waals surface area contributed by atoms with Crippen molar-refractivity contribution < 1.29 is 27.4 Å². The van der Waals surface area contributed by atoms with E-state index in [1.807, 2.05) is 6.07 Å². The van der Waals surface area contributed by atoms with E-state index in [-0.39, 0.29) is 19.2 Å². The molecule has 1 aromatic rings. The van der Waals surface area contributed by atoms with Gasteiger partial charge in [0.2, 0.25) is 6.79 Å². The Kier molecular flexibility index (Phi) is 3.92. The summed E-state index contributed by atoms with van der Waals surface area (Å²) in [4.78, 5) is 12.4. The molecule has 1 fully saturated rings. The third-order valence-corrected chi connectivity index (χ3v) is 6.70. The highest BCUT2D eigenvalue weighted by atomic mass is 32.2. The molecule has 3 atom stereocenters. The number of rotatable bonds is 5. The molecule has 128 valence electrons. The molecular formula is C16H17NO6S. The second-order valence-corrected chi connectivity index (χ2v) is 8.07. The second-order valence-electron chi connectivity index (χ2n) is 5.66. The molecule has 7 nitrogen and oxygen atoms in total. The Labute approximate surface area is 140 Å². The minimum atomic E-state index is -3.61. The van der Waals surface area contributed by atoms with E-state index in [1.54, 1.807) is 25.1 Å². The summed E-state index contributed by atoms with van der Waals surface area (Å²) < 4.78 is 40.4. The van der Waals surface area contributed by atoms with E-state index in [4.69, 9.17) is 14.2 Å². The molecule has 1 aliphatic carbocycles. The van der Waals surface area contributed by atoms with Gasteiger partial charge >= 0.3 is 5.97 Å². The molecule has 0 radical (unpaired) electrons. The Balaban J connectivity index is 2.07. The smallest absolute Gasteiger partial charge is 0.328 e. The third-order valence-electron chi connectivity index (χ3n) is 4.48. The van der Waals surface area contributed by atoms with Crippen LogP contribution in [0.4, 0.5) is 0 Å². The SMILES string of the molecule is CCOC(=O)[C@@]1(C#N)[C@@H](c2ccc3c(c2)OCO3)[C@@H]1S(=O)(=O)CC. The molecule has 1 saturated carbocycles. The molecule has 1 aliphatic heterocycles. The van der Waals surface area contributed by atoms with E-state index < -0.39 is 32.4 Å². The second kappa shape index (κ2) is 5.67. The number of ether oxygens (including phenoxy) is 3. The fourth-order valence-corrected chi connectivity index (χ4v) is 5.17. The molecule has 1 aromatic carbocycles. The van der Waals surface area contributed by atoms with Crippen molar-refractivity contribution in [3.8, 4) is 17.6 Å². The highest BCUT2D eigenvalue weighted by Gasteiger charge is 2.77. The van der Waals surface area contributed by atoms with Gasteiger partial charge in [-0.25, -0.2) is 8.42 Å². The number of fused-ring (bicyclic) bond motifs is 1. The quantitative estimate of drug-likeness (QED) is 0.739. The third kappa shape index (κ3) is 2.23. The lowest BCUT2D eigenvalue weighted by Crippen LogP contribution is -2.26. The fourth-order valence-electron chi connectivity index (χ4n) is 3.24. The van der Waals surface area contributed by atoms with Crippen LogP contribution in [0.5, 0.6) is 11.5 Å². The Hall–Kier alpha value is -2.27. The summed E-state index contributed by atoms with van der Waals surface area (Å²) in [5.41, 5.74) is -1.16. The summed E-state index contributed by atoms with van der Waals surface area (Å²) in [6.45, 7) is 3.28. The average molecular weight is 351 g/mol. The van der Waals surface area contributed by atoms with E-state index >= 15 is 0 Å². The monoisotopic (exact) mass is 351 g/mol. The minimum absolute atomic E-state index is 0.0784. The van der Waals surface area contributed by atoms with Crippen LogP contribution in [0.3, 0.4) is 0 Å². The van der Waals surface area contributed by atoms with Crippen LogP contribution in [0, 0.1) is 16.7 Å². The normalized spacial score (nSPS) is 27.4. The van der Waals surface area contributed by atoms with Crippen LogP contribution in [-0.2, 0) is 19.4 Å². The molecule has 0 aromatic heterocycles. The van der Waals surface area contributed by atoms with Gasteiger partial charge in [0.05, 0.1) is 12.7 Å². The van der Waals surface area contributed by atoms with Crippen molar-refractivity contribution in [1.82, 2.24) is 0 Å². The van der Waals surface area contributed by atoms with Crippen molar-refractivity contribution in [1.29, 1.82) is 5.26 Å². The van der Waals surface area contributed by atoms with E-state index in [9.17, 15) is 18.5 Å². The van der Waals surface area contributed by atoms with Gasteiger partial charge < -0.3 is 14.2 Å². The zero-order valence-electron chi connectivity index (χ0n) is 13.3. The first-order chi connectivity index (χ1) is 11.4. The molecule has 0 spiro atoms. The number of hydrogen-bond acceptors (Lipinski definition) is 7. The number of nitrogens with zero attached hydrogens (tertiary/aromatic N) is 1. The summed E-state index contributed by atoms with van der Waals surface area (Å²) in [7, 11) is -3.61. The number of nitriles is 1. The van der Waals surface area contributed by atoms with Crippen molar-refractivity contribution in [3.05, 3.63) is 23.8 Å². The van der Waals surface area contributed by atoms with E-state index in [0.717, 1.165) is 0 Å². The first-order valence-corrected chi connectivity index (χ1v) is 9.33. The maximum Gasteiger partial charge on any atom is 0.328 e. The van der Waals surface area contributed by atoms with Gasteiger partial charge in [-0.2, -0.15) is 5.26 Å². The topological polar surface area (TPSA) is 103 Å². The number of carbonyl (C=O) groups is 1. The van der Waals surface area contributed by atoms with Crippen LogP contribution in [0.25, 0.3) is 0 Å². The van der Waals surface area contributed by atoms with Crippen LogP contribution in [0.15, 0.2) is 18.2 Å². The van der Waals surface area contributed by atoms with Gasteiger partial charge in [0.1, 0.15) is 5.25 Å². The van der Waals surface area contributed by atoms with Gasteiger partial charge in [-0.15, -0.1) is 0 Å². The predicted octanol–water partition coefficient (Wildman–Crippen LogP) is 1.39. The van der Waals surface area contributed by atoms with Crippen LogP contribution in [0.1, 0.15) is 25.3 Å². The number of sulfone groups is 1. The highest BCUT2D eigenvalue weighted by Crippen LogP contribution is 2.64. The Bertz CT molecular complexity index is 827. The minimum Gasteiger partial charge on any atom is -0.465 e. The lowest BCUT2D eigenvalue weighted by atomic mass is 10.0. The number of carbonyl (C=O) groups excluding carboxylic acids is 1. The van der Waals surface area contributed by atoms with Crippen LogP contribution < -0.4 is 9.47 Å². The lowest BCUT2D eigenvalue weighted by Gasteiger charge is -2.08. The summed E-state index contributed by atoms with van der Waals surface area (Å²) in [6, 6.07) is 6.86.